The Labute approximate surface area is 182 Å². The van der Waals surface area contributed by atoms with Gasteiger partial charge in [0.2, 0.25) is 0 Å². The molecule has 1 aliphatic heterocycles. The van der Waals surface area contributed by atoms with Crippen LogP contribution in [0.4, 0.5) is 4.39 Å². The van der Waals surface area contributed by atoms with Gasteiger partial charge in [-0.25, -0.2) is 4.39 Å². The third kappa shape index (κ3) is 4.52. The molecule has 158 valence electrons. The second-order valence-corrected chi connectivity index (χ2v) is 8.17. The van der Waals surface area contributed by atoms with Crippen LogP contribution in [0.2, 0.25) is 0 Å². The van der Waals surface area contributed by atoms with E-state index in [1.165, 1.54) is 23.9 Å². The summed E-state index contributed by atoms with van der Waals surface area (Å²) in [7, 11) is 0. The maximum atomic E-state index is 13.4. The lowest BCUT2D eigenvalue weighted by Gasteiger charge is -2.14. The van der Waals surface area contributed by atoms with Gasteiger partial charge in [-0.2, -0.15) is 4.98 Å². The van der Waals surface area contributed by atoms with Crippen LogP contribution in [0, 0.1) is 5.82 Å². The van der Waals surface area contributed by atoms with Crippen LogP contribution >= 0.6 is 11.8 Å². The normalized spacial score (nSPS) is 16.1. The molecule has 0 radical (unpaired) electrons. The average molecular weight is 438 g/mol. The smallest absolute Gasteiger partial charge is 0.257 e. The van der Waals surface area contributed by atoms with Crippen molar-refractivity contribution in [3.63, 3.8) is 0 Å². The molecule has 4 aromatic rings. The molecule has 31 heavy (non-hydrogen) atoms. The Bertz CT molecular complexity index is 1140. The van der Waals surface area contributed by atoms with Gasteiger partial charge in [0.15, 0.2) is 16.8 Å². The summed E-state index contributed by atoms with van der Waals surface area (Å²) in [5.41, 5.74) is 1.69. The molecular formula is C22H20FN5O2S. The van der Waals surface area contributed by atoms with Crippen molar-refractivity contribution in [3.8, 4) is 22.8 Å². The van der Waals surface area contributed by atoms with Crippen LogP contribution < -0.4 is 0 Å². The monoisotopic (exact) mass is 437 g/mol. The second-order valence-electron chi connectivity index (χ2n) is 7.23. The number of thioether (sulfide) groups is 1. The van der Waals surface area contributed by atoms with Crippen molar-refractivity contribution in [2.75, 3.05) is 6.61 Å². The third-order valence-electron chi connectivity index (χ3n) is 5.05. The average Bonchev–Trinajstić information content (AvgIpc) is 3.56. The molecule has 1 atom stereocenters. The van der Waals surface area contributed by atoms with E-state index < -0.39 is 0 Å². The molecule has 2 aromatic heterocycles. The summed E-state index contributed by atoms with van der Waals surface area (Å²) in [6, 6.07) is 15.9. The lowest BCUT2D eigenvalue weighted by molar-refractivity contribution is 0.0953. The molecule has 3 heterocycles. The summed E-state index contributed by atoms with van der Waals surface area (Å²) in [5.74, 6) is 1.97. The van der Waals surface area contributed by atoms with Crippen molar-refractivity contribution >= 4 is 11.8 Å². The maximum absolute atomic E-state index is 13.4. The van der Waals surface area contributed by atoms with Gasteiger partial charge in [-0.3, -0.25) is 4.57 Å². The summed E-state index contributed by atoms with van der Waals surface area (Å²) >= 11 is 1.49. The largest absolute Gasteiger partial charge is 0.376 e. The minimum absolute atomic E-state index is 0.115. The Morgan fingerprint density at radius 1 is 1.03 bits per heavy atom. The van der Waals surface area contributed by atoms with Gasteiger partial charge in [0.25, 0.3) is 5.89 Å². The maximum Gasteiger partial charge on any atom is 0.257 e. The van der Waals surface area contributed by atoms with E-state index in [1.54, 1.807) is 12.1 Å². The van der Waals surface area contributed by atoms with Crippen molar-refractivity contribution in [2.24, 2.45) is 0 Å². The van der Waals surface area contributed by atoms with Gasteiger partial charge in [0.1, 0.15) is 5.82 Å². The highest BCUT2D eigenvalue weighted by molar-refractivity contribution is 7.98. The highest BCUT2D eigenvalue weighted by Gasteiger charge is 2.22. The minimum atomic E-state index is -0.283. The molecular weight excluding hydrogens is 417 g/mol. The van der Waals surface area contributed by atoms with Crippen LogP contribution in [-0.4, -0.2) is 37.6 Å². The van der Waals surface area contributed by atoms with E-state index in [2.05, 4.69) is 20.3 Å². The number of rotatable bonds is 7. The molecule has 1 aliphatic rings. The molecule has 1 unspecified atom stereocenters. The fourth-order valence-electron chi connectivity index (χ4n) is 3.50. The summed E-state index contributed by atoms with van der Waals surface area (Å²) in [4.78, 5) is 4.48. The number of aromatic nitrogens is 5. The Balaban J connectivity index is 1.37. The van der Waals surface area contributed by atoms with Gasteiger partial charge in [0, 0.05) is 17.7 Å². The first kappa shape index (κ1) is 19.9. The summed E-state index contributed by atoms with van der Waals surface area (Å²) in [6.45, 7) is 1.41. The topological polar surface area (TPSA) is 78.9 Å². The highest BCUT2D eigenvalue weighted by Crippen LogP contribution is 2.28. The van der Waals surface area contributed by atoms with Crippen LogP contribution in [0.5, 0.6) is 0 Å². The van der Waals surface area contributed by atoms with Crippen LogP contribution in [0.15, 0.2) is 64.3 Å². The Kier molecular flexibility index (Phi) is 5.77. The van der Waals surface area contributed by atoms with E-state index in [0.717, 1.165) is 35.7 Å². The molecule has 0 saturated carbocycles. The van der Waals surface area contributed by atoms with Gasteiger partial charge in [0.05, 0.1) is 18.4 Å². The Morgan fingerprint density at radius 3 is 2.65 bits per heavy atom. The van der Waals surface area contributed by atoms with Gasteiger partial charge in [-0.15, -0.1) is 10.2 Å². The molecule has 9 heteroatoms. The number of nitrogens with zero attached hydrogens (tertiary/aromatic N) is 5. The fourth-order valence-corrected chi connectivity index (χ4v) is 4.30. The third-order valence-corrected chi connectivity index (χ3v) is 6.01. The van der Waals surface area contributed by atoms with Crippen LogP contribution in [0.1, 0.15) is 18.7 Å². The lowest BCUT2D eigenvalue weighted by Crippen LogP contribution is -2.16. The first-order chi connectivity index (χ1) is 15.3. The number of benzene rings is 2. The van der Waals surface area contributed by atoms with Gasteiger partial charge < -0.3 is 9.26 Å². The van der Waals surface area contributed by atoms with Crippen molar-refractivity contribution in [1.82, 2.24) is 24.9 Å². The molecule has 1 saturated heterocycles. The van der Waals surface area contributed by atoms with E-state index in [1.807, 2.05) is 34.9 Å². The Morgan fingerprint density at radius 2 is 1.87 bits per heavy atom. The zero-order chi connectivity index (χ0) is 21.0. The predicted octanol–water partition coefficient (Wildman–Crippen LogP) is 4.61. The number of hydrogen-bond acceptors (Lipinski definition) is 7. The van der Waals surface area contributed by atoms with Crippen LogP contribution in [0.25, 0.3) is 22.8 Å². The number of hydrogen-bond donors (Lipinski definition) is 0. The molecule has 2 aromatic carbocycles. The van der Waals surface area contributed by atoms with E-state index in [0.29, 0.717) is 29.8 Å². The van der Waals surface area contributed by atoms with Gasteiger partial charge in [-0.1, -0.05) is 35.1 Å². The van der Waals surface area contributed by atoms with Crippen molar-refractivity contribution in [2.45, 2.75) is 36.4 Å². The summed E-state index contributed by atoms with van der Waals surface area (Å²) in [6.07, 6.45) is 2.16. The molecule has 5 rings (SSSR count). The molecule has 0 amide bonds. The zero-order valence-electron chi connectivity index (χ0n) is 16.6. The van der Waals surface area contributed by atoms with E-state index in [9.17, 15) is 4.39 Å². The first-order valence-electron chi connectivity index (χ1n) is 10.1. The zero-order valence-corrected chi connectivity index (χ0v) is 17.5. The van der Waals surface area contributed by atoms with Crippen LogP contribution in [-0.2, 0) is 17.0 Å². The fraction of sp³-hybridized carbons (Fsp3) is 0.273. The molecule has 7 nitrogen and oxygen atoms in total. The number of halogens is 1. The molecule has 0 N–H and O–H groups in total. The quantitative estimate of drug-likeness (QED) is 0.391. The lowest BCUT2D eigenvalue weighted by atomic mass is 10.2. The van der Waals surface area contributed by atoms with Crippen molar-refractivity contribution in [1.29, 1.82) is 0 Å². The highest BCUT2D eigenvalue weighted by atomic mass is 32.2. The van der Waals surface area contributed by atoms with E-state index in [4.69, 9.17) is 9.26 Å². The first-order valence-corrected chi connectivity index (χ1v) is 11.1. The van der Waals surface area contributed by atoms with E-state index in [-0.39, 0.29) is 11.9 Å². The molecule has 1 fully saturated rings. The Hall–Kier alpha value is -3.04. The van der Waals surface area contributed by atoms with Gasteiger partial charge >= 0.3 is 0 Å². The van der Waals surface area contributed by atoms with Crippen molar-refractivity contribution < 1.29 is 13.7 Å². The molecule has 0 aliphatic carbocycles. The van der Waals surface area contributed by atoms with Gasteiger partial charge in [-0.05, 0) is 49.2 Å². The number of ether oxygens (including phenoxy) is 1. The van der Waals surface area contributed by atoms with Crippen LogP contribution in [0.3, 0.4) is 0 Å². The summed E-state index contributed by atoms with van der Waals surface area (Å²) in [5, 5.41) is 13.6. The van der Waals surface area contributed by atoms with Crippen molar-refractivity contribution in [3.05, 3.63) is 66.2 Å². The predicted molar refractivity (Wildman–Crippen MR) is 114 cm³/mol. The molecule has 0 bridgehead atoms. The van der Waals surface area contributed by atoms with E-state index >= 15 is 0 Å². The second kappa shape index (κ2) is 8.99. The molecule has 0 spiro atoms. The SMILES string of the molecule is Fc1ccc(-c2nnc(SCc3noc(-c4ccccc4)n3)n2CC2CCCO2)cc1. The summed E-state index contributed by atoms with van der Waals surface area (Å²) < 4.78 is 26.6. The minimum Gasteiger partial charge on any atom is -0.376 e. The standard InChI is InChI=1S/C22H20FN5O2S/c23-17-10-8-15(9-11-17)20-25-26-22(28(20)13-18-7-4-12-29-18)31-14-19-24-21(30-27-19)16-5-2-1-3-6-16/h1-3,5-6,8-11,18H,4,7,12-14H2.